The van der Waals surface area contributed by atoms with Crippen molar-refractivity contribution >= 4 is 70.9 Å². The first-order valence-corrected chi connectivity index (χ1v) is 38.0. The number of carbonyl (C=O) groups excluding carboxylic acids is 12. The van der Waals surface area contributed by atoms with E-state index in [-0.39, 0.29) is 71.1 Å². The lowest BCUT2D eigenvalue weighted by Gasteiger charge is -2.51. The zero-order valence-corrected chi connectivity index (χ0v) is 64.9. The quantitative estimate of drug-likeness (QED) is 0.212. The number of nitrogens with zero attached hydrogens (tertiary/aromatic N) is 10. The molecule has 5 fully saturated rings. The predicted octanol–water partition coefficient (Wildman–Crippen LogP) is 5.39. The molecule has 2 bridgehead atoms. The van der Waals surface area contributed by atoms with Gasteiger partial charge >= 0.3 is 6.18 Å². The highest BCUT2D eigenvalue weighted by atomic mass is 19.4. The largest absolute Gasteiger partial charge is 0.496 e. The smallest absolute Gasteiger partial charge is 0.419 e. The molecule has 8 rings (SSSR count). The molecule has 107 heavy (non-hydrogen) atoms. The van der Waals surface area contributed by atoms with E-state index in [1.54, 1.807) is 19.9 Å². The first kappa shape index (κ1) is 84.0. The van der Waals surface area contributed by atoms with Crippen molar-refractivity contribution in [2.75, 3.05) is 96.3 Å². The van der Waals surface area contributed by atoms with Crippen molar-refractivity contribution in [3.05, 3.63) is 76.9 Å². The first-order valence-electron chi connectivity index (χ1n) is 38.0. The van der Waals surface area contributed by atoms with E-state index in [0.29, 0.717) is 62.5 Å². The van der Waals surface area contributed by atoms with Crippen LogP contribution in [0.3, 0.4) is 0 Å². The summed E-state index contributed by atoms with van der Waals surface area (Å²) < 4.78 is 53.9. The minimum absolute atomic E-state index is 0.00358. The summed E-state index contributed by atoms with van der Waals surface area (Å²) >= 11 is 0. The molecule has 2 N–H and O–H groups in total. The maximum atomic E-state index is 15.8. The summed E-state index contributed by atoms with van der Waals surface area (Å²) in [5, 5.41) is 5.78. The Kier molecular flexibility index (Phi) is 28.7. The van der Waals surface area contributed by atoms with Crippen molar-refractivity contribution in [1.82, 2.24) is 59.6 Å². The molecule has 12 amide bonds. The second-order valence-corrected chi connectivity index (χ2v) is 30.4. The van der Waals surface area contributed by atoms with E-state index < -0.39 is 186 Å². The van der Waals surface area contributed by atoms with Gasteiger partial charge in [0.2, 0.25) is 70.9 Å². The van der Waals surface area contributed by atoms with Crippen LogP contribution in [0.15, 0.2) is 54.6 Å². The molecule has 6 aliphatic rings. The highest BCUT2D eigenvalue weighted by molar-refractivity contribution is 6.01. The third-order valence-electron chi connectivity index (χ3n) is 23.0. The monoisotopic (exact) mass is 1500 g/mol. The molecule has 1 spiro atoms. The normalized spacial score (nSPS) is 26.5. The maximum Gasteiger partial charge on any atom is 0.419 e. The minimum Gasteiger partial charge on any atom is -0.496 e. The molecule has 0 radical (unpaired) electrons. The van der Waals surface area contributed by atoms with Crippen LogP contribution < -0.4 is 15.4 Å². The molecule has 3 aliphatic carbocycles. The van der Waals surface area contributed by atoms with Gasteiger partial charge in [-0.3, -0.25) is 57.5 Å². The SMILES string of the molecule is CCCC1C(=O)NC([C@@H](C)CC)C(=O)N(C2CC2)CC(=O)N(C)C2CC=CCCN(C2=O)C(Cc2ccc(C)cc2)C(=O)N(C)CC(=O)NC(CCc2ccc(C(F)(F)F)c(OC)c2)C(=O)N2CC(OCC)CC2C(=O)N(C)C2(CCC2)C(=O)N(C)C(C2CCCC2)C(=O)N(C)C(C(=O)N(C)C)CC(=O)N1C. The van der Waals surface area contributed by atoms with E-state index in [9.17, 15) is 37.1 Å². The Balaban J connectivity index is 1.23. The van der Waals surface area contributed by atoms with E-state index in [1.807, 2.05) is 51.1 Å². The molecule has 26 nitrogen and oxygen atoms in total. The number of hydrogen-bond acceptors (Lipinski definition) is 14. The molecule has 3 aliphatic heterocycles. The number of carbonyl (C=O) groups is 12. The molecular formula is C78H113F3N12O14. The number of methoxy groups -OCH3 is 1. The van der Waals surface area contributed by atoms with Crippen molar-refractivity contribution in [2.24, 2.45) is 11.8 Å². The lowest BCUT2D eigenvalue weighted by molar-refractivity contribution is -0.166. The van der Waals surface area contributed by atoms with Crippen molar-refractivity contribution in [3.8, 4) is 5.75 Å². The molecule has 0 aromatic heterocycles. The van der Waals surface area contributed by atoms with Gasteiger partial charge in [-0.05, 0) is 126 Å². The predicted molar refractivity (Wildman–Crippen MR) is 392 cm³/mol. The maximum absolute atomic E-state index is 15.8. The number of aryl methyl sites for hydroxylation is 2. The van der Waals surface area contributed by atoms with Gasteiger partial charge < -0.3 is 69.1 Å². The highest BCUT2D eigenvalue weighted by Gasteiger charge is 2.57. The number of fused-ring (bicyclic) bond motifs is 3. The summed E-state index contributed by atoms with van der Waals surface area (Å²) in [4.78, 5) is 196. The number of alkyl halides is 3. The van der Waals surface area contributed by atoms with Gasteiger partial charge in [0.25, 0.3) is 0 Å². The minimum atomic E-state index is -4.78. The number of hydrogen-bond donors (Lipinski definition) is 2. The fourth-order valence-corrected chi connectivity index (χ4v) is 15.9. The van der Waals surface area contributed by atoms with Gasteiger partial charge in [-0.1, -0.05) is 94.5 Å². The Morgan fingerprint density at radius 1 is 0.692 bits per heavy atom. The molecule has 590 valence electrons. The lowest BCUT2D eigenvalue weighted by atomic mass is 9.73. The van der Waals surface area contributed by atoms with Crippen LogP contribution in [0.1, 0.15) is 159 Å². The van der Waals surface area contributed by atoms with Crippen LogP contribution in [0, 0.1) is 18.8 Å². The number of nitrogens with one attached hydrogen (secondary N) is 2. The van der Waals surface area contributed by atoms with Crippen LogP contribution in [0.25, 0.3) is 0 Å². The molecule has 2 aromatic carbocycles. The average Bonchev–Trinajstić information content (AvgIpc) is 1.64. The summed E-state index contributed by atoms with van der Waals surface area (Å²) in [5.41, 5.74) is -0.738. The average molecular weight is 1500 g/mol. The Bertz CT molecular complexity index is 3600. The van der Waals surface area contributed by atoms with Crippen molar-refractivity contribution in [2.45, 2.75) is 229 Å². The summed E-state index contributed by atoms with van der Waals surface area (Å²) in [6.45, 7) is 7.91. The van der Waals surface area contributed by atoms with Crippen molar-refractivity contribution in [3.63, 3.8) is 0 Å². The van der Waals surface area contributed by atoms with E-state index in [0.717, 1.165) is 36.5 Å². The standard InChI is InChI=1S/C78H113F3N12O14/c1-15-24-57-68(97)83-66(49(5)16-2)74(103)92(53-34-35-53)47-65(96)87(10)58-27-19-18-22-40-91(73(58)102)60(41-50-30-28-48(4)29-31-50)71(100)85(8)46-63(94)82-56(37-33-51-32-36-55(78(79,80)81)62(42-51)106-14)69(98)93-45-54(107-17-3)43-61(93)72(101)90(13)77(38-23-39-77)76(105)89(12)67(52-25-20-21-26-52)75(104)88(11)59(70(99)84(6)7)44-64(95)86(57)9/h18-19,28-32,36,42,49,52-54,56-61,66-67H,15-17,20-27,33-35,37-41,43-47H2,1-14H3,(H,82,94)(H,83,97)/t49-,54?,56?,57?,58?,59?,60?,61?,66?,67?/m0/s1. The molecule has 3 saturated carbocycles. The third-order valence-corrected chi connectivity index (χ3v) is 23.0. The van der Waals surface area contributed by atoms with Gasteiger partial charge in [0.05, 0.1) is 31.7 Å². The molecule has 29 heteroatoms. The summed E-state index contributed by atoms with van der Waals surface area (Å²) in [6, 6.07) is -0.187. The fraction of sp³-hybridized carbons (Fsp3) is 0.667. The first-order chi connectivity index (χ1) is 50.6. The number of halogens is 3. The molecule has 10 atom stereocenters. The van der Waals surface area contributed by atoms with Crippen molar-refractivity contribution < 1.29 is 80.2 Å². The van der Waals surface area contributed by atoms with Crippen LogP contribution in [0.5, 0.6) is 5.75 Å². The Labute approximate surface area is 627 Å². The van der Waals surface area contributed by atoms with Crippen LogP contribution in [-0.2, 0) is 81.3 Å². The Morgan fingerprint density at radius 2 is 1.36 bits per heavy atom. The molecule has 3 heterocycles. The van der Waals surface area contributed by atoms with Gasteiger partial charge in [-0.15, -0.1) is 0 Å². The zero-order chi connectivity index (χ0) is 78.7. The highest BCUT2D eigenvalue weighted by Crippen LogP contribution is 2.43. The van der Waals surface area contributed by atoms with Crippen LogP contribution in [-0.4, -0.2) is 282 Å². The Hall–Kier alpha value is -8.63. The number of rotatable bonds is 15. The molecule has 2 aromatic rings. The summed E-state index contributed by atoms with van der Waals surface area (Å²) in [7, 11) is 12.7. The summed E-state index contributed by atoms with van der Waals surface area (Å²) in [5.74, 6) is -9.34. The van der Waals surface area contributed by atoms with E-state index >= 15 is 33.6 Å². The third kappa shape index (κ3) is 19.5. The number of benzene rings is 2. The lowest BCUT2D eigenvalue weighted by Crippen LogP contribution is -2.68. The summed E-state index contributed by atoms with van der Waals surface area (Å²) in [6.07, 6.45) is 2.67. The number of likely N-dealkylation sites (N-methyl/N-ethyl adjacent to an activating group) is 7. The topological polar surface area (TPSA) is 280 Å². The van der Waals surface area contributed by atoms with E-state index in [2.05, 4.69) is 10.6 Å². The molecule has 9 unspecified atom stereocenters. The molecular weight excluding hydrogens is 1390 g/mol. The number of ether oxygens (including phenoxy) is 2. The Morgan fingerprint density at radius 3 is 1.94 bits per heavy atom. The van der Waals surface area contributed by atoms with Gasteiger partial charge in [0.1, 0.15) is 66.2 Å². The van der Waals surface area contributed by atoms with Gasteiger partial charge in [0.15, 0.2) is 0 Å². The van der Waals surface area contributed by atoms with Gasteiger partial charge in [-0.25, -0.2) is 0 Å². The van der Waals surface area contributed by atoms with Crippen molar-refractivity contribution in [1.29, 1.82) is 0 Å². The van der Waals surface area contributed by atoms with Crippen LogP contribution in [0.4, 0.5) is 13.2 Å². The van der Waals surface area contributed by atoms with Gasteiger partial charge in [-0.2, -0.15) is 13.2 Å². The molecule has 2 saturated heterocycles. The number of amides is 12. The van der Waals surface area contributed by atoms with Crippen LogP contribution in [0.2, 0.25) is 0 Å². The van der Waals surface area contributed by atoms with Gasteiger partial charge in [0, 0.05) is 95.0 Å². The fourth-order valence-electron chi connectivity index (χ4n) is 15.9. The zero-order valence-electron chi connectivity index (χ0n) is 64.9. The van der Waals surface area contributed by atoms with E-state index in [4.69, 9.17) is 9.47 Å². The second-order valence-electron chi connectivity index (χ2n) is 30.4. The van der Waals surface area contributed by atoms with Crippen LogP contribution >= 0.6 is 0 Å². The van der Waals surface area contributed by atoms with E-state index in [1.165, 1.54) is 113 Å². The second kappa shape index (κ2) is 36.5.